The van der Waals surface area contributed by atoms with Gasteiger partial charge in [-0.05, 0) is 31.5 Å². The molecule has 1 aliphatic rings. The lowest BCUT2D eigenvalue weighted by molar-refractivity contribution is -0.140. The third-order valence-corrected chi connectivity index (χ3v) is 4.07. The molecule has 1 unspecified atom stereocenters. The number of halogens is 1. The lowest BCUT2D eigenvalue weighted by Crippen LogP contribution is -2.53. The predicted octanol–water partition coefficient (Wildman–Crippen LogP) is 2.80. The van der Waals surface area contributed by atoms with Crippen LogP contribution in [0.3, 0.4) is 0 Å². The molecule has 1 saturated heterocycles. The summed E-state index contributed by atoms with van der Waals surface area (Å²) in [4.78, 5) is 27.7. The van der Waals surface area contributed by atoms with Gasteiger partial charge in [0, 0.05) is 31.2 Å². The van der Waals surface area contributed by atoms with E-state index in [1.807, 2.05) is 6.92 Å². The summed E-state index contributed by atoms with van der Waals surface area (Å²) in [6.45, 7) is 5.93. The van der Waals surface area contributed by atoms with Crippen molar-refractivity contribution in [3.8, 4) is 5.75 Å². The van der Waals surface area contributed by atoms with Crippen LogP contribution in [0, 0.1) is 0 Å². The minimum absolute atomic E-state index is 0.0685. The van der Waals surface area contributed by atoms with E-state index in [0.29, 0.717) is 50.0 Å². The van der Waals surface area contributed by atoms with Crippen molar-refractivity contribution >= 4 is 23.6 Å². The van der Waals surface area contributed by atoms with Crippen molar-refractivity contribution in [3.05, 3.63) is 29.3 Å². The molecule has 0 aromatic heterocycles. The Morgan fingerprint density at radius 3 is 2.42 bits per heavy atom. The number of amides is 2. The largest absolute Gasteiger partial charge is 0.481 e. The number of hydrogen-bond donors (Lipinski definition) is 0. The first-order valence-corrected chi connectivity index (χ1v) is 8.55. The van der Waals surface area contributed by atoms with Crippen LogP contribution < -0.4 is 4.74 Å². The van der Waals surface area contributed by atoms with Gasteiger partial charge in [0.15, 0.2) is 6.10 Å². The van der Waals surface area contributed by atoms with Gasteiger partial charge in [-0.2, -0.15) is 0 Å². The average Bonchev–Trinajstić information content (AvgIpc) is 2.59. The number of carbonyl (C=O) groups is 2. The molecular formula is C17H23ClN2O4. The van der Waals surface area contributed by atoms with Crippen LogP contribution in [0.1, 0.15) is 20.3 Å². The molecule has 6 nitrogen and oxygen atoms in total. The van der Waals surface area contributed by atoms with E-state index < -0.39 is 6.10 Å². The van der Waals surface area contributed by atoms with Crippen LogP contribution in [-0.4, -0.2) is 60.7 Å². The van der Waals surface area contributed by atoms with E-state index in [0.717, 1.165) is 0 Å². The van der Waals surface area contributed by atoms with E-state index >= 15 is 0 Å². The molecule has 1 fully saturated rings. The first-order chi connectivity index (χ1) is 11.5. The molecule has 0 N–H and O–H groups in total. The quantitative estimate of drug-likeness (QED) is 0.815. The van der Waals surface area contributed by atoms with Gasteiger partial charge in [-0.3, -0.25) is 4.79 Å². The monoisotopic (exact) mass is 354 g/mol. The summed E-state index contributed by atoms with van der Waals surface area (Å²) in [5.74, 6) is 0.508. The number of benzene rings is 1. The number of ether oxygens (including phenoxy) is 2. The highest BCUT2D eigenvalue weighted by Gasteiger charge is 2.29. The van der Waals surface area contributed by atoms with Gasteiger partial charge < -0.3 is 19.3 Å². The predicted molar refractivity (Wildman–Crippen MR) is 91.3 cm³/mol. The van der Waals surface area contributed by atoms with Gasteiger partial charge in [-0.15, -0.1) is 0 Å². The molecule has 1 heterocycles. The van der Waals surface area contributed by atoms with Crippen LogP contribution >= 0.6 is 11.6 Å². The first-order valence-electron chi connectivity index (χ1n) is 8.17. The number of nitrogens with zero attached hydrogens (tertiary/aromatic N) is 2. The number of rotatable bonds is 5. The van der Waals surface area contributed by atoms with E-state index in [1.165, 1.54) is 0 Å². The Labute approximate surface area is 147 Å². The molecule has 1 aliphatic heterocycles. The summed E-state index contributed by atoms with van der Waals surface area (Å²) in [7, 11) is 0. The zero-order valence-corrected chi connectivity index (χ0v) is 14.8. The second-order valence-corrected chi connectivity index (χ2v) is 5.92. The smallest absolute Gasteiger partial charge is 0.409 e. The molecule has 0 radical (unpaired) electrons. The van der Waals surface area contributed by atoms with Gasteiger partial charge in [0.2, 0.25) is 0 Å². The van der Waals surface area contributed by atoms with Crippen LogP contribution in [0.2, 0.25) is 5.02 Å². The van der Waals surface area contributed by atoms with Gasteiger partial charge in [0.25, 0.3) is 5.91 Å². The van der Waals surface area contributed by atoms with Gasteiger partial charge in [0.05, 0.1) is 6.61 Å². The zero-order chi connectivity index (χ0) is 17.5. The Bertz CT molecular complexity index is 573. The second-order valence-electron chi connectivity index (χ2n) is 5.48. The Morgan fingerprint density at radius 1 is 1.17 bits per heavy atom. The van der Waals surface area contributed by atoms with Crippen LogP contribution in [0.25, 0.3) is 0 Å². The normalized spacial score (nSPS) is 15.8. The number of carbonyl (C=O) groups excluding carboxylic acids is 2. The molecule has 2 rings (SSSR count). The van der Waals surface area contributed by atoms with Crippen molar-refractivity contribution in [2.75, 3.05) is 32.8 Å². The molecule has 0 bridgehead atoms. The molecule has 0 spiro atoms. The highest BCUT2D eigenvalue weighted by Crippen LogP contribution is 2.20. The molecular weight excluding hydrogens is 332 g/mol. The van der Waals surface area contributed by atoms with Crippen LogP contribution in [-0.2, 0) is 9.53 Å². The van der Waals surface area contributed by atoms with Crippen molar-refractivity contribution in [3.63, 3.8) is 0 Å². The molecule has 0 saturated carbocycles. The topological polar surface area (TPSA) is 59.1 Å². The van der Waals surface area contributed by atoms with E-state index in [-0.39, 0.29) is 12.0 Å². The Morgan fingerprint density at radius 2 is 1.83 bits per heavy atom. The average molecular weight is 355 g/mol. The van der Waals surface area contributed by atoms with Gasteiger partial charge >= 0.3 is 6.09 Å². The zero-order valence-electron chi connectivity index (χ0n) is 14.0. The van der Waals surface area contributed by atoms with Crippen LogP contribution in [0.5, 0.6) is 5.75 Å². The van der Waals surface area contributed by atoms with E-state index in [1.54, 1.807) is 41.0 Å². The third kappa shape index (κ3) is 4.77. The summed E-state index contributed by atoms with van der Waals surface area (Å²) in [6.07, 6.45) is -0.326. The summed E-state index contributed by atoms with van der Waals surface area (Å²) < 4.78 is 10.8. The molecule has 0 aliphatic carbocycles. The lowest BCUT2D eigenvalue weighted by atomic mass is 10.2. The SMILES string of the molecule is CCOC(=O)N1CCN(C(=O)C(CC)Oc2cccc(Cl)c2)CC1. The molecule has 24 heavy (non-hydrogen) atoms. The molecule has 1 aromatic rings. The summed E-state index contributed by atoms with van der Waals surface area (Å²) in [5, 5.41) is 0.567. The van der Waals surface area contributed by atoms with Crippen molar-refractivity contribution in [2.24, 2.45) is 0 Å². The standard InChI is InChI=1S/C17H23ClN2O4/c1-3-15(24-14-7-5-6-13(18)12-14)16(21)19-8-10-20(11-9-19)17(22)23-4-2/h5-7,12,15H,3-4,8-11H2,1-2H3. The summed E-state index contributed by atoms with van der Waals surface area (Å²) >= 11 is 5.95. The molecule has 1 atom stereocenters. The van der Waals surface area contributed by atoms with Gasteiger partial charge in [0.1, 0.15) is 5.75 Å². The number of piperazine rings is 1. The van der Waals surface area contributed by atoms with Gasteiger partial charge in [-0.25, -0.2) is 4.79 Å². The lowest BCUT2D eigenvalue weighted by Gasteiger charge is -2.35. The molecule has 2 amide bonds. The third-order valence-electron chi connectivity index (χ3n) is 3.84. The van der Waals surface area contributed by atoms with Crippen molar-refractivity contribution in [2.45, 2.75) is 26.4 Å². The summed E-state index contributed by atoms with van der Waals surface area (Å²) in [5.41, 5.74) is 0. The van der Waals surface area contributed by atoms with Crippen LogP contribution in [0.4, 0.5) is 4.79 Å². The maximum atomic E-state index is 12.7. The number of hydrogen-bond acceptors (Lipinski definition) is 4. The van der Waals surface area contributed by atoms with Gasteiger partial charge in [-0.1, -0.05) is 24.6 Å². The van der Waals surface area contributed by atoms with E-state index in [9.17, 15) is 9.59 Å². The van der Waals surface area contributed by atoms with E-state index in [2.05, 4.69) is 0 Å². The summed E-state index contributed by atoms with van der Waals surface area (Å²) in [6, 6.07) is 7.01. The Balaban J connectivity index is 1.91. The van der Waals surface area contributed by atoms with E-state index in [4.69, 9.17) is 21.1 Å². The molecule has 1 aromatic carbocycles. The first kappa shape index (κ1) is 18.4. The Kier molecular flexibility index (Phi) is 6.73. The van der Waals surface area contributed by atoms with Crippen molar-refractivity contribution < 1.29 is 19.1 Å². The molecule has 7 heteroatoms. The van der Waals surface area contributed by atoms with Crippen molar-refractivity contribution in [1.82, 2.24) is 9.80 Å². The fourth-order valence-corrected chi connectivity index (χ4v) is 2.72. The fourth-order valence-electron chi connectivity index (χ4n) is 2.54. The highest BCUT2D eigenvalue weighted by atomic mass is 35.5. The maximum Gasteiger partial charge on any atom is 0.409 e. The maximum absolute atomic E-state index is 12.7. The fraction of sp³-hybridized carbons (Fsp3) is 0.529. The van der Waals surface area contributed by atoms with Crippen LogP contribution in [0.15, 0.2) is 24.3 Å². The highest BCUT2D eigenvalue weighted by molar-refractivity contribution is 6.30. The van der Waals surface area contributed by atoms with Crippen molar-refractivity contribution in [1.29, 1.82) is 0 Å². The minimum atomic E-state index is -0.558. The second kappa shape index (κ2) is 8.78. The molecule has 132 valence electrons. The minimum Gasteiger partial charge on any atom is -0.481 e. The Hall–Kier alpha value is -1.95.